The lowest BCUT2D eigenvalue weighted by Crippen LogP contribution is -2.42. The first-order valence-corrected chi connectivity index (χ1v) is 6.09. The molecule has 0 amide bonds. The van der Waals surface area contributed by atoms with E-state index in [0.717, 1.165) is 0 Å². The van der Waals surface area contributed by atoms with Gasteiger partial charge in [0, 0.05) is 13.1 Å². The van der Waals surface area contributed by atoms with Gasteiger partial charge in [0.25, 0.3) is 0 Å². The summed E-state index contributed by atoms with van der Waals surface area (Å²) >= 11 is 0. The molecule has 100 valence electrons. The third-order valence-electron chi connectivity index (χ3n) is 3.50. The number of nitrogens with zero attached hydrogens (tertiary/aromatic N) is 3. The molecule has 1 aliphatic rings. The van der Waals surface area contributed by atoms with E-state index in [9.17, 15) is 15.2 Å². The molecule has 0 radical (unpaired) electrons. The lowest BCUT2D eigenvalue weighted by molar-refractivity contribution is -0.384. The van der Waals surface area contributed by atoms with Crippen LogP contribution >= 0.6 is 0 Å². The van der Waals surface area contributed by atoms with Crippen LogP contribution in [-0.4, -0.2) is 28.7 Å². The van der Waals surface area contributed by atoms with Crippen molar-refractivity contribution >= 4 is 11.4 Å². The Kier molecular flexibility index (Phi) is 3.40. The van der Waals surface area contributed by atoms with Gasteiger partial charge in [-0.15, -0.1) is 0 Å². The number of hydrogen-bond donors (Lipinski definition) is 1. The Morgan fingerprint density at radius 1 is 1.47 bits per heavy atom. The highest BCUT2D eigenvalue weighted by Gasteiger charge is 2.31. The van der Waals surface area contributed by atoms with E-state index < -0.39 is 10.5 Å². The molecule has 0 saturated carbocycles. The third-order valence-corrected chi connectivity index (χ3v) is 3.50. The molecule has 1 aliphatic heterocycles. The minimum atomic E-state index is -0.710. The molecule has 0 unspecified atom stereocenters. The predicted molar refractivity (Wildman–Crippen MR) is 69.9 cm³/mol. The van der Waals surface area contributed by atoms with Crippen molar-refractivity contribution in [2.24, 2.45) is 0 Å². The highest BCUT2D eigenvalue weighted by Crippen LogP contribution is 2.34. The Labute approximate surface area is 111 Å². The number of aliphatic hydroxyl groups is 1. The number of anilines is 1. The number of para-hydroxylation sites is 1. The largest absolute Gasteiger partial charge is 0.390 e. The molecule has 0 bridgehead atoms. The van der Waals surface area contributed by atoms with Crippen molar-refractivity contribution in [1.29, 1.82) is 5.26 Å². The first-order chi connectivity index (χ1) is 8.94. The molecular weight excluding hydrogens is 246 g/mol. The highest BCUT2D eigenvalue weighted by molar-refractivity contribution is 5.70. The summed E-state index contributed by atoms with van der Waals surface area (Å²) in [5.41, 5.74) is -0.330. The van der Waals surface area contributed by atoms with Gasteiger partial charge in [0.1, 0.15) is 17.3 Å². The van der Waals surface area contributed by atoms with Gasteiger partial charge in [-0.1, -0.05) is 6.07 Å². The van der Waals surface area contributed by atoms with E-state index in [-0.39, 0.29) is 11.3 Å². The van der Waals surface area contributed by atoms with Crippen LogP contribution in [0.1, 0.15) is 25.3 Å². The molecule has 1 fully saturated rings. The minimum absolute atomic E-state index is 0.0693. The summed E-state index contributed by atoms with van der Waals surface area (Å²) in [6.07, 6.45) is 1.11. The zero-order valence-electron chi connectivity index (χ0n) is 10.7. The second kappa shape index (κ2) is 4.86. The summed E-state index contributed by atoms with van der Waals surface area (Å²) in [6.45, 7) is 2.86. The van der Waals surface area contributed by atoms with Crippen LogP contribution in [0.2, 0.25) is 0 Å². The number of hydrogen-bond acceptors (Lipinski definition) is 5. The molecule has 6 nitrogen and oxygen atoms in total. The van der Waals surface area contributed by atoms with E-state index in [2.05, 4.69) is 0 Å². The second-order valence-electron chi connectivity index (χ2n) is 5.03. The van der Waals surface area contributed by atoms with E-state index in [0.29, 0.717) is 31.6 Å². The SMILES string of the molecule is CC1(O)CCN(c2cccc(C#N)c2[N+](=O)[O-])CC1. The molecule has 2 rings (SSSR count). The summed E-state index contributed by atoms with van der Waals surface area (Å²) in [7, 11) is 0. The van der Waals surface area contributed by atoms with Gasteiger partial charge in [-0.2, -0.15) is 5.26 Å². The van der Waals surface area contributed by atoms with Gasteiger partial charge >= 0.3 is 5.69 Å². The second-order valence-corrected chi connectivity index (χ2v) is 5.03. The zero-order chi connectivity index (χ0) is 14.0. The maximum absolute atomic E-state index is 11.1. The van der Waals surface area contributed by atoms with Crippen molar-refractivity contribution in [2.75, 3.05) is 18.0 Å². The number of rotatable bonds is 2. The van der Waals surface area contributed by atoms with Crippen LogP contribution in [0.5, 0.6) is 0 Å². The van der Waals surface area contributed by atoms with Gasteiger partial charge in [-0.3, -0.25) is 10.1 Å². The average Bonchev–Trinajstić information content (AvgIpc) is 2.37. The average molecular weight is 261 g/mol. The minimum Gasteiger partial charge on any atom is -0.390 e. The Morgan fingerprint density at radius 2 is 2.11 bits per heavy atom. The fourth-order valence-corrected chi connectivity index (χ4v) is 2.30. The van der Waals surface area contributed by atoms with Crippen LogP contribution < -0.4 is 4.90 Å². The summed E-state index contributed by atoms with van der Waals surface area (Å²) in [6, 6.07) is 6.60. The summed E-state index contributed by atoms with van der Waals surface area (Å²) in [5.74, 6) is 0. The molecule has 1 aromatic carbocycles. The smallest absolute Gasteiger partial charge is 0.310 e. The predicted octanol–water partition coefficient (Wildman–Crippen LogP) is 1.82. The van der Waals surface area contributed by atoms with Gasteiger partial charge in [-0.25, -0.2) is 0 Å². The lowest BCUT2D eigenvalue weighted by Gasteiger charge is -2.36. The van der Waals surface area contributed by atoms with Gasteiger partial charge in [0.15, 0.2) is 0 Å². The number of benzene rings is 1. The van der Waals surface area contributed by atoms with Crippen LogP contribution in [0.4, 0.5) is 11.4 Å². The number of nitro benzene ring substituents is 1. The standard InChI is InChI=1S/C13H15N3O3/c1-13(17)5-7-15(8-6-13)11-4-2-3-10(9-14)12(11)16(18)19/h2-4,17H,5-8H2,1H3. The fourth-order valence-electron chi connectivity index (χ4n) is 2.30. The molecule has 1 heterocycles. The third kappa shape index (κ3) is 2.66. The van der Waals surface area contributed by atoms with Crippen molar-refractivity contribution in [1.82, 2.24) is 0 Å². The molecule has 0 aromatic heterocycles. The Morgan fingerprint density at radius 3 is 2.63 bits per heavy atom. The molecule has 1 N–H and O–H groups in total. The van der Waals surface area contributed by atoms with Crippen molar-refractivity contribution in [2.45, 2.75) is 25.4 Å². The molecule has 0 aliphatic carbocycles. The van der Waals surface area contributed by atoms with Crippen LogP contribution in [0.3, 0.4) is 0 Å². The van der Waals surface area contributed by atoms with Crippen LogP contribution in [-0.2, 0) is 0 Å². The maximum Gasteiger partial charge on any atom is 0.310 e. The molecule has 6 heteroatoms. The van der Waals surface area contributed by atoms with Crippen LogP contribution in [0.25, 0.3) is 0 Å². The quantitative estimate of drug-likeness (QED) is 0.647. The Hall–Kier alpha value is -2.13. The molecular formula is C13H15N3O3. The zero-order valence-corrected chi connectivity index (χ0v) is 10.7. The van der Waals surface area contributed by atoms with Crippen molar-refractivity contribution in [3.05, 3.63) is 33.9 Å². The van der Waals surface area contributed by atoms with E-state index in [4.69, 9.17) is 5.26 Å². The van der Waals surface area contributed by atoms with Gasteiger partial charge in [0.05, 0.1) is 10.5 Å². The molecule has 0 spiro atoms. The number of nitriles is 1. The van der Waals surface area contributed by atoms with Gasteiger partial charge in [0.2, 0.25) is 0 Å². The topological polar surface area (TPSA) is 90.4 Å². The monoisotopic (exact) mass is 261 g/mol. The van der Waals surface area contributed by atoms with Crippen molar-refractivity contribution in [3.63, 3.8) is 0 Å². The number of piperidine rings is 1. The van der Waals surface area contributed by atoms with E-state index >= 15 is 0 Å². The van der Waals surface area contributed by atoms with Crippen molar-refractivity contribution < 1.29 is 10.0 Å². The van der Waals surface area contributed by atoms with Crippen LogP contribution in [0.15, 0.2) is 18.2 Å². The molecule has 0 atom stereocenters. The highest BCUT2D eigenvalue weighted by atomic mass is 16.6. The van der Waals surface area contributed by atoms with E-state index in [1.54, 1.807) is 19.1 Å². The van der Waals surface area contributed by atoms with Crippen molar-refractivity contribution in [3.8, 4) is 6.07 Å². The summed E-state index contributed by atoms with van der Waals surface area (Å²) in [5, 5.41) is 30.0. The first-order valence-electron chi connectivity index (χ1n) is 6.09. The lowest BCUT2D eigenvalue weighted by atomic mass is 9.93. The van der Waals surface area contributed by atoms with Gasteiger partial charge in [-0.05, 0) is 31.9 Å². The van der Waals surface area contributed by atoms with Gasteiger partial charge < -0.3 is 10.0 Å². The maximum atomic E-state index is 11.1. The first kappa shape index (κ1) is 13.3. The van der Waals surface area contributed by atoms with E-state index in [1.165, 1.54) is 6.07 Å². The summed E-state index contributed by atoms with van der Waals surface area (Å²) in [4.78, 5) is 12.5. The Balaban J connectivity index is 2.36. The normalized spacial score (nSPS) is 17.8. The van der Waals surface area contributed by atoms with E-state index in [1.807, 2.05) is 11.0 Å². The molecule has 1 aromatic rings. The van der Waals surface area contributed by atoms with Crippen LogP contribution in [0, 0.1) is 21.4 Å². The molecule has 1 saturated heterocycles. The summed E-state index contributed by atoms with van der Waals surface area (Å²) < 4.78 is 0. The number of nitro groups is 1. The molecule has 19 heavy (non-hydrogen) atoms. The fraction of sp³-hybridized carbons (Fsp3) is 0.462. The Bertz CT molecular complexity index is 539.